The van der Waals surface area contributed by atoms with E-state index in [-0.39, 0.29) is 0 Å². The molecule has 70 valence electrons. The zero-order chi connectivity index (χ0) is 10.1. The Morgan fingerprint density at radius 3 is 2.62 bits per heavy atom. The highest BCUT2D eigenvalue weighted by atomic mass is 19.3. The van der Waals surface area contributed by atoms with E-state index < -0.39 is 17.6 Å². The lowest BCUT2D eigenvalue weighted by molar-refractivity contribution is -0.166. The number of aliphatic carboxylic acids is 1. The first-order valence-corrected chi connectivity index (χ1v) is 3.35. The van der Waals surface area contributed by atoms with E-state index in [4.69, 9.17) is 5.11 Å². The van der Waals surface area contributed by atoms with Crippen molar-refractivity contribution in [2.45, 2.75) is 12.8 Å². The summed E-state index contributed by atoms with van der Waals surface area (Å²) in [7, 11) is 0. The highest BCUT2D eigenvalue weighted by Gasteiger charge is 2.42. The first kappa shape index (κ1) is 9.50. The van der Waals surface area contributed by atoms with Crippen LogP contribution in [0.5, 0.6) is 0 Å². The number of rotatable bonds is 2. The van der Waals surface area contributed by atoms with Gasteiger partial charge in [-0.2, -0.15) is 8.78 Å². The van der Waals surface area contributed by atoms with Gasteiger partial charge in [-0.25, -0.2) is 14.8 Å². The molecule has 0 aliphatic heterocycles. The van der Waals surface area contributed by atoms with E-state index in [0.717, 1.165) is 12.4 Å². The summed E-state index contributed by atoms with van der Waals surface area (Å²) in [5.74, 6) is -6.17. The molecular formula is C7H6F2N2O2. The molecule has 4 nitrogen and oxygen atoms in total. The summed E-state index contributed by atoms with van der Waals surface area (Å²) in [6.45, 7) is 1.48. The van der Waals surface area contributed by atoms with Gasteiger partial charge in [-0.3, -0.25) is 0 Å². The summed E-state index contributed by atoms with van der Waals surface area (Å²) in [5.41, 5.74) is -0.501. The third-order valence-corrected chi connectivity index (χ3v) is 1.39. The fourth-order valence-electron chi connectivity index (χ4n) is 0.736. The molecule has 0 fully saturated rings. The number of halogens is 2. The molecule has 0 spiro atoms. The number of hydrogen-bond acceptors (Lipinski definition) is 3. The summed E-state index contributed by atoms with van der Waals surface area (Å²) in [4.78, 5) is 16.9. The van der Waals surface area contributed by atoms with E-state index in [1.807, 2.05) is 0 Å². The molecule has 0 aromatic carbocycles. The monoisotopic (exact) mass is 188 g/mol. The van der Waals surface area contributed by atoms with Crippen molar-refractivity contribution < 1.29 is 18.7 Å². The number of aromatic nitrogens is 2. The number of carbonyl (C=O) groups is 1. The van der Waals surface area contributed by atoms with Crippen LogP contribution in [0, 0.1) is 6.92 Å². The van der Waals surface area contributed by atoms with Crippen molar-refractivity contribution >= 4 is 5.97 Å². The Labute approximate surface area is 72.3 Å². The van der Waals surface area contributed by atoms with E-state index in [9.17, 15) is 13.6 Å². The molecule has 0 aliphatic carbocycles. The highest BCUT2D eigenvalue weighted by Crippen LogP contribution is 2.25. The predicted molar refractivity (Wildman–Crippen MR) is 38.3 cm³/mol. The van der Waals surface area contributed by atoms with E-state index in [0.29, 0.717) is 5.69 Å². The lowest BCUT2D eigenvalue weighted by Crippen LogP contribution is -2.26. The van der Waals surface area contributed by atoms with Crippen LogP contribution in [-0.4, -0.2) is 21.0 Å². The molecule has 0 radical (unpaired) electrons. The summed E-state index contributed by atoms with van der Waals surface area (Å²) in [5, 5.41) is 8.18. The summed E-state index contributed by atoms with van der Waals surface area (Å²) in [6.07, 6.45) is 0.904. The molecule has 0 amide bonds. The fraction of sp³-hybridized carbons (Fsp3) is 0.286. The van der Waals surface area contributed by atoms with E-state index >= 15 is 0 Å². The molecule has 0 aliphatic rings. The molecule has 1 aromatic rings. The second kappa shape index (κ2) is 3.04. The molecule has 0 atom stereocenters. The van der Waals surface area contributed by atoms with Crippen molar-refractivity contribution in [3.63, 3.8) is 0 Å². The van der Waals surface area contributed by atoms with Gasteiger partial charge in [0.2, 0.25) is 0 Å². The smallest absolute Gasteiger partial charge is 0.384 e. The molecule has 0 saturated carbocycles. The zero-order valence-corrected chi connectivity index (χ0v) is 6.66. The molecule has 13 heavy (non-hydrogen) atoms. The molecule has 0 bridgehead atoms. The van der Waals surface area contributed by atoms with Crippen LogP contribution in [0.3, 0.4) is 0 Å². The number of alkyl halides is 2. The van der Waals surface area contributed by atoms with Crippen molar-refractivity contribution in [3.05, 3.63) is 23.8 Å². The van der Waals surface area contributed by atoms with Gasteiger partial charge in [0.25, 0.3) is 0 Å². The molecule has 0 saturated heterocycles. The van der Waals surface area contributed by atoms with Crippen LogP contribution < -0.4 is 0 Å². The Bertz CT molecular complexity index is 341. The number of nitrogens with zero attached hydrogens (tertiary/aromatic N) is 2. The molecule has 1 N–H and O–H groups in total. The minimum absolute atomic E-state index is 0.297. The van der Waals surface area contributed by atoms with E-state index in [1.54, 1.807) is 0 Å². The Kier molecular flexibility index (Phi) is 2.22. The maximum Gasteiger partial charge on any atom is 0.384 e. The molecule has 6 heteroatoms. The van der Waals surface area contributed by atoms with Gasteiger partial charge < -0.3 is 5.11 Å². The average Bonchev–Trinajstić information content (AvgIpc) is 2.04. The van der Waals surface area contributed by atoms with Crippen LogP contribution in [0.15, 0.2) is 12.4 Å². The number of aryl methyl sites for hydroxylation is 1. The van der Waals surface area contributed by atoms with Gasteiger partial charge in [-0.1, -0.05) is 0 Å². The molecule has 1 heterocycles. The lowest BCUT2D eigenvalue weighted by Gasteiger charge is -2.09. The van der Waals surface area contributed by atoms with Gasteiger partial charge in [0.05, 0.1) is 0 Å². The number of carboxylic acid groups (broad SMARTS) is 1. The number of carboxylic acids is 1. The standard InChI is InChI=1S/C7H6F2N2O2/c1-4-2-5(11-3-10-4)7(8,9)6(12)13/h2-3H,1H3,(H,12,13). The Morgan fingerprint density at radius 2 is 2.15 bits per heavy atom. The molecule has 1 rings (SSSR count). The van der Waals surface area contributed by atoms with Crippen molar-refractivity contribution in [3.8, 4) is 0 Å². The van der Waals surface area contributed by atoms with Gasteiger partial charge in [-0.05, 0) is 13.0 Å². The fourth-order valence-corrected chi connectivity index (χ4v) is 0.736. The van der Waals surface area contributed by atoms with Crippen LogP contribution in [0.2, 0.25) is 0 Å². The Hall–Kier alpha value is -1.59. The third kappa shape index (κ3) is 1.77. The minimum Gasteiger partial charge on any atom is -0.476 e. The van der Waals surface area contributed by atoms with Crippen molar-refractivity contribution in [2.24, 2.45) is 0 Å². The van der Waals surface area contributed by atoms with Crippen molar-refractivity contribution in [2.75, 3.05) is 0 Å². The van der Waals surface area contributed by atoms with E-state index in [2.05, 4.69) is 9.97 Å². The second-order valence-corrected chi connectivity index (χ2v) is 2.42. The average molecular weight is 188 g/mol. The summed E-state index contributed by atoms with van der Waals surface area (Å²) >= 11 is 0. The summed E-state index contributed by atoms with van der Waals surface area (Å²) < 4.78 is 25.5. The maximum atomic E-state index is 12.8. The van der Waals surface area contributed by atoms with Crippen LogP contribution in [0.25, 0.3) is 0 Å². The number of hydrogen-bond donors (Lipinski definition) is 1. The highest BCUT2D eigenvalue weighted by molar-refractivity contribution is 5.76. The van der Waals surface area contributed by atoms with Gasteiger partial charge in [0.15, 0.2) is 0 Å². The second-order valence-electron chi connectivity index (χ2n) is 2.42. The van der Waals surface area contributed by atoms with Crippen molar-refractivity contribution in [1.29, 1.82) is 0 Å². The van der Waals surface area contributed by atoms with Crippen LogP contribution in [0.1, 0.15) is 11.4 Å². The van der Waals surface area contributed by atoms with Crippen LogP contribution in [-0.2, 0) is 10.7 Å². The molecular weight excluding hydrogens is 182 g/mol. The topological polar surface area (TPSA) is 63.1 Å². The quantitative estimate of drug-likeness (QED) is 0.750. The largest absolute Gasteiger partial charge is 0.476 e. The van der Waals surface area contributed by atoms with Gasteiger partial charge in [-0.15, -0.1) is 0 Å². The molecule has 1 aromatic heterocycles. The van der Waals surface area contributed by atoms with Gasteiger partial charge >= 0.3 is 11.9 Å². The Balaban J connectivity index is 3.14. The SMILES string of the molecule is Cc1cc(C(F)(F)C(=O)O)ncn1. The first-order chi connectivity index (χ1) is 5.94. The Morgan fingerprint density at radius 1 is 1.54 bits per heavy atom. The van der Waals surface area contributed by atoms with Gasteiger partial charge in [0, 0.05) is 5.69 Å². The van der Waals surface area contributed by atoms with Crippen molar-refractivity contribution in [1.82, 2.24) is 9.97 Å². The first-order valence-electron chi connectivity index (χ1n) is 3.35. The maximum absolute atomic E-state index is 12.8. The molecule has 0 unspecified atom stereocenters. The van der Waals surface area contributed by atoms with E-state index in [1.165, 1.54) is 6.92 Å². The van der Waals surface area contributed by atoms with Crippen LogP contribution in [0.4, 0.5) is 8.78 Å². The van der Waals surface area contributed by atoms with Crippen LogP contribution >= 0.6 is 0 Å². The normalized spacial score (nSPS) is 11.3. The lowest BCUT2D eigenvalue weighted by atomic mass is 10.2. The third-order valence-electron chi connectivity index (χ3n) is 1.39. The van der Waals surface area contributed by atoms with Gasteiger partial charge in [0.1, 0.15) is 12.0 Å². The summed E-state index contributed by atoms with van der Waals surface area (Å²) in [6, 6.07) is 0.939. The predicted octanol–water partition coefficient (Wildman–Crippen LogP) is 0.961. The zero-order valence-electron chi connectivity index (χ0n) is 6.66. The minimum atomic E-state index is -3.95.